The van der Waals surface area contributed by atoms with Gasteiger partial charge in [0.15, 0.2) is 0 Å². The van der Waals surface area contributed by atoms with Crippen LogP contribution in [0.1, 0.15) is 16.9 Å². The van der Waals surface area contributed by atoms with E-state index in [2.05, 4.69) is 15.2 Å². The summed E-state index contributed by atoms with van der Waals surface area (Å²) in [5, 5.41) is 4.96. The Morgan fingerprint density at radius 3 is 3.15 bits per heavy atom. The molecule has 0 spiro atoms. The van der Waals surface area contributed by atoms with Crippen LogP contribution in [0.25, 0.3) is 10.1 Å². The van der Waals surface area contributed by atoms with Gasteiger partial charge in [0.05, 0.1) is 4.70 Å². The topological polar surface area (TPSA) is 45.2 Å². The number of carbonyl (C=O) groups is 1. The Labute approximate surface area is 119 Å². The molecular weight excluding hydrogens is 277 g/mol. The molecule has 4 heterocycles. The van der Waals surface area contributed by atoms with E-state index in [1.807, 2.05) is 0 Å². The summed E-state index contributed by atoms with van der Waals surface area (Å²) in [7, 11) is 0. The highest BCUT2D eigenvalue weighted by molar-refractivity contribution is 7.17. The quantitative estimate of drug-likeness (QED) is 0.919. The molecule has 2 bridgehead atoms. The van der Waals surface area contributed by atoms with E-state index in [1.54, 1.807) is 12.3 Å². The smallest absolute Gasteiger partial charge is 0.270 e. The van der Waals surface area contributed by atoms with Crippen LogP contribution >= 0.6 is 11.3 Å². The number of piperidine rings is 1. The van der Waals surface area contributed by atoms with Crippen LogP contribution in [-0.4, -0.2) is 41.5 Å². The molecule has 20 heavy (non-hydrogen) atoms. The Balaban J connectivity index is 1.56. The lowest BCUT2D eigenvalue weighted by atomic mass is 10.00. The minimum atomic E-state index is -0.285. The molecule has 0 radical (unpaired) electrons. The maximum Gasteiger partial charge on any atom is 0.270 e. The number of hydrogen-bond donors (Lipinski definition) is 1. The molecule has 2 aliphatic rings. The van der Waals surface area contributed by atoms with E-state index in [0.29, 0.717) is 17.0 Å². The highest BCUT2D eigenvalue weighted by atomic mass is 32.1. The minimum absolute atomic E-state index is 0.198. The van der Waals surface area contributed by atoms with Crippen molar-refractivity contribution in [3.8, 4) is 0 Å². The van der Waals surface area contributed by atoms with Crippen molar-refractivity contribution in [2.45, 2.75) is 12.5 Å². The van der Waals surface area contributed by atoms with Gasteiger partial charge in [-0.25, -0.2) is 9.37 Å². The van der Waals surface area contributed by atoms with Crippen molar-refractivity contribution in [3.63, 3.8) is 0 Å². The number of halogens is 1. The highest BCUT2D eigenvalue weighted by Gasteiger charge is 2.38. The van der Waals surface area contributed by atoms with Crippen molar-refractivity contribution in [2.75, 3.05) is 19.6 Å². The molecule has 2 fully saturated rings. The molecule has 6 heteroatoms. The Bertz CT molecular complexity index is 686. The molecule has 2 aliphatic heterocycles. The molecule has 2 aromatic rings. The fraction of sp³-hybridized carbons (Fsp3) is 0.429. The molecule has 4 nitrogen and oxygen atoms in total. The number of nitrogens with zero attached hydrogens (tertiary/aromatic N) is 2. The molecule has 2 saturated heterocycles. The molecule has 0 aliphatic carbocycles. The molecule has 4 rings (SSSR count). The van der Waals surface area contributed by atoms with E-state index >= 15 is 0 Å². The first kappa shape index (κ1) is 12.2. The highest BCUT2D eigenvalue weighted by Crippen LogP contribution is 2.28. The third-order valence-corrected chi connectivity index (χ3v) is 5.20. The summed E-state index contributed by atoms with van der Waals surface area (Å²) in [5.41, 5.74) is 0.299. The second-order valence-corrected chi connectivity index (χ2v) is 6.45. The zero-order valence-electron chi connectivity index (χ0n) is 10.8. The normalized spacial score (nSPS) is 28.1. The van der Waals surface area contributed by atoms with Crippen LogP contribution in [0.5, 0.6) is 0 Å². The lowest BCUT2D eigenvalue weighted by Gasteiger charge is -2.22. The van der Waals surface area contributed by atoms with Gasteiger partial charge < -0.3 is 10.2 Å². The monoisotopic (exact) mass is 291 g/mol. The number of amides is 1. The van der Waals surface area contributed by atoms with Crippen LogP contribution in [0.4, 0.5) is 4.39 Å². The molecule has 104 valence electrons. The van der Waals surface area contributed by atoms with Gasteiger partial charge in [-0.3, -0.25) is 4.79 Å². The maximum atomic E-state index is 13.6. The second-order valence-electron chi connectivity index (χ2n) is 5.54. The number of rotatable bonds is 2. The molecule has 3 atom stereocenters. The lowest BCUT2D eigenvalue weighted by molar-refractivity contribution is 0.0919. The van der Waals surface area contributed by atoms with Crippen LogP contribution in [0, 0.1) is 11.7 Å². The van der Waals surface area contributed by atoms with Crippen LogP contribution in [0.15, 0.2) is 17.6 Å². The number of nitrogens with one attached hydrogen (secondary N) is 1. The summed E-state index contributed by atoms with van der Waals surface area (Å²) in [6.45, 7) is 3.14. The van der Waals surface area contributed by atoms with Crippen molar-refractivity contribution >= 4 is 27.3 Å². The minimum Gasteiger partial charge on any atom is -0.346 e. The van der Waals surface area contributed by atoms with Gasteiger partial charge in [-0.05, 0) is 24.9 Å². The van der Waals surface area contributed by atoms with E-state index < -0.39 is 0 Å². The first-order chi connectivity index (χ1) is 9.70. The van der Waals surface area contributed by atoms with E-state index in [4.69, 9.17) is 0 Å². The number of pyridine rings is 1. The zero-order chi connectivity index (χ0) is 13.7. The Morgan fingerprint density at radius 1 is 1.50 bits per heavy atom. The largest absolute Gasteiger partial charge is 0.346 e. The SMILES string of the molecule is O=C(NC1CN2CCC1C2)c1cc2c(F)csc2cn1. The zero-order valence-corrected chi connectivity index (χ0v) is 11.6. The first-order valence-electron chi connectivity index (χ1n) is 6.76. The predicted molar refractivity (Wildman–Crippen MR) is 75.4 cm³/mol. The molecular formula is C14H14FN3OS. The van der Waals surface area contributed by atoms with Crippen molar-refractivity contribution in [1.29, 1.82) is 0 Å². The Morgan fingerprint density at radius 2 is 2.40 bits per heavy atom. The van der Waals surface area contributed by atoms with Gasteiger partial charge in [-0.15, -0.1) is 11.3 Å². The van der Waals surface area contributed by atoms with Crippen LogP contribution in [-0.2, 0) is 0 Å². The molecule has 2 aromatic heterocycles. The number of hydrogen-bond acceptors (Lipinski definition) is 4. The van der Waals surface area contributed by atoms with Gasteiger partial charge in [-0.2, -0.15) is 0 Å². The fourth-order valence-electron chi connectivity index (χ4n) is 3.22. The summed E-state index contributed by atoms with van der Waals surface area (Å²) in [6.07, 6.45) is 2.72. The summed E-state index contributed by atoms with van der Waals surface area (Å²) in [6, 6.07) is 1.75. The lowest BCUT2D eigenvalue weighted by Crippen LogP contribution is -2.43. The van der Waals surface area contributed by atoms with Crippen LogP contribution < -0.4 is 5.32 Å². The van der Waals surface area contributed by atoms with Gasteiger partial charge in [0.25, 0.3) is 5.91 Å². The average molecular weight is 291 g/mol. The third kappa shape index (κ3) is 1.91. The van der Waals surface area contributed by atoms with Gasteiger partial charge in [0, 0.05) is 36.1 Å². The Kier molecular flexibility index (Phi) is 2.75. The molecule has 0 aromatic carbocycles. The van der Waals surface area contributed by atoms with Crippen LogP contribution in [0.3, 0.4) is 0 Å². The van der Waals surface area contributed by atoms with Gasteiger partial charge >= 0.3 is 0 Å². The molecule has 1 N–H and O–H groups in total. The predicted octanol–water partition coefficient (Wildman–Crippen LogP) is 1.87. The number of aromatic nitrogens is 1. The van der Waals surface area contributed by atoms with Crippen molar-refractivity contribution in [1.82, 2.24) is 15.2 Å². The molecule has 1 amide bonds. The summed E-state index contributed by atoms with van der Waals surface area (Å²) in [4.78, 5) is 18.8. The summed E-state index contributed by atoms with van der Waals surface area (Å²) >= 11 is 1.30. The van der Waals surface area contributed by atoms with Crippen molar-refractivity contribution in [2.24, 2.45) is 5.92 Å². The number of thiophene rings is 1. The third-order valence-electron chi connectivity index (χ3n) is 4.30. The van der Waals surface area contributed by atoms with Gasteiger partial charge in [-0.1, -0.05) is 0 Å². The maximum absolute atomic E-state index is 13.6. The number of carbonyl (C=O) groups excluding carboxylic acids is 1. The van der Waals surface area contributed by atoms with E-state index in [-0.39, 0.29) is 17.8 Å². The molecule has 0 saturated carbocycles. The van der Waals surface area contributed by atoms with Crippen LogP contribution in [0.2, 0.25) is 0 Å². The standard InChI is InChI=1S/C14H14FN3OS/c15-10-7-20-13-4-16-11(3-9(10)13)14(19)17-12-6-18-2-1-8(12)5-18/h3-4,7-8,12H,1-2,5-6H2,(H,17,19). The first-order valence-corrected chi connectivity index (χ1v) is 7.64. The van der Waals surface area contributed by atoms with Gasteiger partial charge in [0.2, 0.25) is 0 Å². The second kappa shape index (κ2) is 4.49. The Hall–Kier alpha value is -1.53. The molecule has 3 unspecified atom stereocenters. The summed E-state index contributed by atoms with van der Waals surface area (Å²) in [5.74, 6) is 0.0734. The average Bonchev–Trinajstić information content (AvgIpc) is 3.15. The van der Waals surface area contributed by atoms with Gasteiger partial charge in [0.1, 0.15) is 11.5 Å². The van der Waals surface area contributed by atoms with E-state index in [9.17, 15) is 9.18 Å². The fourth-order valence-corrected chi connectivity index (χ4v) is 3.97. The van der Waals surface area contributed by atoms with Crippen molar-refractivity contribution in [3.05, 3.63) is 29.2 Å². The summed E-state index contributed by atoms with van der Waals surface area (Å²) < 4.78 is 14.3. The van der Waals surface area contributed by atoms with E-state index in [0.717, 1.165) is 30.8 Å². The van der Waals surface area contributed by atoms with Crippen molar-refractivity contribution < 1.29 is 9.18 Å². The van der Waals surface area contributed by atoms with E-state index in [1.165, 1.54) is 16.7 Å². The number of fused-ring (bicyclic) bond motifs is 3.